The van der Waals surface area contributed by atoms with Gasteiger partial charge in [0.2, 0.25) is 5.91 Å². The van der Waals surface area contributed by atoms with Gasteiger partial charge in [0, 0.05) is 38.5 Å². The fourth-order valence-electron chi connectivity index (χ4n) is 7.48. The summed E-state index contributed by atoms with van der Waals surface area (Å²) in [6.07, 6.45) is 7.44. The van der Waals surface area contributed by atoms with Gasteiger partial charge in [-0.05, 0) is 91.5 Å². The van der Waals surface area contributed by atoms with Gasteiger partial charge in [0.05, 0.1) is 5.56 Å². The minimum absolute atomic E-state index is 0.0947. The molecule has 2 fully saturated rings. The first-order valence-corrected chi connectivity index (χ1v) is 13.5. The van der Waals surface area contributed by atoms with E-state index in [2.05, 4.69) is 23.3 Å². The number of pyridine rings is 1. The summed E-state index contributed by atoms with van der Waals surface area (Å²) in [5, 5.41) is 2.82. The lowest BCUT2D eigenvalue weighted by Gasteiger charge is -2.50. The number of amides is 2. The molecule has 6 nitrogen and oxygen atoms in total. The van der Waals surface area contributed by atoms with Crippen molar-refractivity contribution < 1.29 is 18.8 Å². The van der Waals surface area contributed by atoms with E-state index in [1.807, 2.05) is 6.07 Å². The molecule has 0 aliphatic heterocycles. The van der Waals surface area contributed by atoms with Crippen molar-refractivity contribution in [1.82, 2.24) is 9.88 Å². The van der Waals surface area contributed by atoms with Gasteiger partial charge >= 0.3 is 0 Å². The second-order valence-electron chi connectivity index (χ2n) is 11.6. The first-order valence-electron chi connectivity index (χ1n) is 13.5. The summed E-state index contributed by atoms with van der Waals surface area (Å²) in [5.41, 5.74) is 2.20. The van der Waals surface area contributed by atoms with Crippen LogP contribution in [0.25, 0.3) is 0 Å². The van der Waals surface area contributed by atoms with Crippen molar-refractivity contribution in [2.24, 2.45) is 23.2 Å². The highest BCUT2D eigenvalue weighted by atomic mass is 19.1. The lowest BCUT2D eigenvalue weighted by molar-refractivity contribution is -0.129. The molecule has 2 amide bonds. The van der Waals surface area contributed by atoms with E-state index in [1.165, 1.54) is 11.1 Å². The lowest BCUT2D eigenvalue weighted by atomic mass is 9.54. The van der Waals surface area contributed by atoms with Gasteiger partial charge in [0.15, 0.2) is 0 Å². The summed E-state index contributed by atoms with van der Waals surface area (Å²) in [5.74, 6) is 1.72. The Labute approximate surface area is 218 Å². The number of aromatic nitrogens is 1. The van der Waals surface area contributed by atoms with Crippen LogP contribution < -0.4 is 5.32 Å². The molecule has 0 radical (unpaired) electrons. The number of ketones is 1. The van der Waals surface area contributed by atoms with E-state index in [4.69, 9.17) is 0 Å². The largest absolute Gasteiger partial charge is 0.345 e. The summed E-state index contributed by atoms with van der Waals surface area (Å²) in [6, 6.07) is 8.77. The first kappa shape index (κ1) is 25.6. The van der Waals surface area contributed by atoms with Crippen LogP contribution >= 0.6 is 0 Å². The van der Waals surface area contributed by atoms with E-state index >= 15 is 0 Å². The number of fused-ring (bicyclic) bond motifs is 5. The van der Waals surface area contributed by atoms with E-state index in [0.29, 0.717) is 54.2 Å². The summed E-state index contributed by atoms with van der Waals surface area (Å²) >= 11 is 0. The fraction of sp³-hybridized carbons (Fsp3) is 0.533. The van der Waals surface area contributed by atoms with Gasteiger partial charge in [0.1, 0.15) is 17.4 Å². The number of hydrogen-bond donors (Lipinski definition) is 1. The number of anilines is 1. The number of carbonyl (C=O) groups is 3. The standard InChI is InChI=1S/C30H36FN3O3/c1-30-15-14-21-20-7-5-8-24(31)22(20)11-12-23(21)28(30)18(16-25(30)35)6-4-9-27(36)33-26-13-10-19(17-32-26)29(37)34(2)3/h5,7-8,10,13,17-18,21,23,28H,4,6,9,11-12,14-16H2,1-3H3,(H,32,33,36)/t18?,21?,23?,28?,30-/m1/s1. The van der Waals surface area contributed by atoms with Crippen LogP contribution in [0.3, 0.4) is 0 Å². The number of Topliss-reactive ketones (excluding diaryl/α,β-unsaturated/α-hetero) is 1. The van der Waals surface area contributed by atoms with Crippen molar-refractivity contribution in [1.29, 1.82) is 0 Å². The third-order valence-corrected chi connectivity index (χ3v) is 9.23. The summed E-state index contributed by atoms with van der Waals surface area (Å²) in [7, 11) is 3.36. The molecule has 0 spiro atoms. The number of nitrogens with one attached hydrogen (secondary N) is 1. The Kier molecular flexibility index (Phi) is 6.90. The second kappa shape index (κ2) is 9.99. The molecular weight excluding hydrogens is 469 g/mol. The molecule has 0 bridgehead atoms. The maximum absolute atomic E-state index is 14.5. The highest BCUT2D eigenvalue weighted by Gasteiger charge is 2.58. The molecule has 1 aromatic heterocycles. The topological polar surface area (TPSA) is 79.4 Å². The highest BCUT2D eigenvalue weighted by Crippen LogP contribution is 2.62. The molecule has 4 unspecified atom stereocenters. The molecule has 2 aromatic rings. The van der Waals surface area contributed by atoms with E-state index < -0.39 is 0 Å². The van der Waals surface area contributed by atoms with Gasteiger partial charge in [0.25, 0.3) is 5.91 Å². The number of benzene rings is 1. The van der Waals surface area contributed by atoms with Crippen LogP contribution in [-0.2, 0) is 16.0 Å². The Morgan fingerprint density at radius 2 is 2.00 bits per heavy atom. The zero-order valence-corrected chi connectivity index (χ0v) is 21.9. The molecular formula is C30H36FN3O3. The van der Waals surface area contributed by atoms with Gasteiger partial charge in [-0.2, -0.15) is 0 Å². The molecule has 1 N–H and O–H groups in total. The molecule has 1 heterocycles. The average Bonchev–Trinajstić information content (AvgIpc) is 3.13. The van der Waals surface area contributed by atoms with E-state index in [-0.39, 0.29) is 29.0 Å². The van der Waals surface area contributed by atoms with Crippen LogP contribution in [-0.4, -0.2) is 41.6 Å². The quantitative estimate of drug-likeness (QED) is 0.572. The number of hydrogen-bond acceptors (Lipinski definition) is 4. The average molecular weight is 506 g/mol. The lowest BCUT2D eigenvalue weighted by Crippen LogP contribution is -2.44. The predicted molar refractivity (Wildman–Crippen MR) is 140 cm³/mol. The molecule has 5 rings (SSSR count). The normalized spacial score (nSPS) is 28.2. The maximum Gasteiger partial charge on any atom is 0.254 e. The molecule has 2 saturated carbocycles. The van der Waals surface area contributed by atoms with E-state index in [9.17, 15) is 18.8 Å². The third kappa shape index (κ3) is 4.69. The SMILES string of the molecule is CN(C)C(=O)c1ccc(NC(=O)CCCC2CC(=O)[C@@]3(C)CCC4c5cccc(F)c5CCC4C23)nc1. The fourth-order valence-corrected chi connectivity index (χ4v) is 7.48. The second-order valence-corrected chi connectivity index (χ2v) is 11.6. The van der Waals surface area contributed by atoms with Crippen molar-refractivity contribution in [2.45, 2.75) is 64.2 Å². The Morgan fingerprint density at radius 1 is 1.19 bits per heavy atom. The van der Waals surface area contributed by atoms with Crippen LogP contribution in [0.2, 0.25) is 0 Å². The number of nitrogens with zero attached hydrogens (tertiary/aromatic N) is 2. The van der Waals surface area contributed by atoms with E-state index in [1.54, 1.807) is 32.3 Å². The molecule has 37 heavy (non-hydrogen) atoms. The molecule has 0 saturated heterocycles. The Balaban J connectivity index is 1.21. The molecule has 5 atom stereocenters. The summed E-state index contributed by atoms with van der Waals surface area (Å²) < 4.78 is 14.5. The zero-order valence-electron chi connectivity index (χ0n) is 21.9. The van der Waals surface area contributed by atoms with Gasteiger partial charge in [-0.25, -0.2) is 9.37 Å². The third-order valence-electron chi connectivity index (χ3n) is 9.23. The Bertz CT molecular complexity index is 1210. The summed E-state index contributed by atoms with van der Waals surface area (Å²) in [4.78, 5) is 43.5. The number of halogens is 1. The van der Waals surface area contributed by atoms with Crippen LogP contribution in [0.4, 0.5) is 10.2 Å². The van der Waals surface area contributed by atoms with Gasteiger partial charge in [-0.15, -0.1) is 0 Å². The van der Waals surface area contributed by atoms with Crippen molar-refractivity contribution in [2.75, 3.05) is 19.4 Å². The van der Waals surface area contributed by atoms with Crippen molar-refractivity contribution >= 4 is 23.4 Å². The molecule has 3 aliphatic carbocycles. The van der Waals surface area contributed by atoms with Crippen LogP contribution in [0.5, 0.6) is 0 Å². The molecule has 1 aromatic carbocycles. The minimum atomic E-state index is -0.297. The monoisotopic (exact) mass is 505 g/mol. The van der Waals surface area contributed by atoms with Crippen LogP contribution in [0, 0.1) is 29.0 Å². The Hall–Kier alpha value is -3.09. The number of rotatable bonds is 6. The minimum Gasteiger partial charge on any atom is -0.345 e. The first-order chi connectivity index (χ1) is 17.7. The number of carbonyl (C=O) groups excluding carboxylic acids is 3. The van der Waals surface area contributed by atoms with Crippen molar-refractivity contribution in [3.8, 4) is 0 Å². The van der Waals surface area contributed by atoms with Crippen molar-refractivity contribution in [3.63, 3.8) is 0 Å². The highest BCUT2D eigenvalue weighted by molar-refractivity contribution is 5.94. The molecule has 7 heteroatoms. The Morgan fingerprint density at radius 3 is 2.73 bits per heavy atom. The predicted octanol–water partition coefficient (Wildman–Crippen LogP) is 5.38. The smallest absolute Gasteiger partial charge is 0.254 e. The molecule has 3 aliphatic rings. The van der Waals surface area contributed by atoms with Crippen molar-refractivity contribution in [3.05, 3.63) is 59.0 Å². The zero-order chi connectivity index (χ0) is 26.3. The summed E-state index contributed by atoms with van der Waals surface area (Å²) in [6.45, 7) is 2.15. The van der Waals surface area contributed by atoms with Crippen LogP contribution in [0.1, 0.15) is 79.3 Å². The van der Waals surface area contributed by atoms with Gasteiger partial charge in [-0.3, -0.25) is 14.4 Å². The van der Waals surface area contributed by atoms with Crippen LogP contribution in [0.15, 0.2) is 36.5 Å². The van der Waals surface area contributed by atoms with Gasteiger partial charge < -0.3 is 10.2 Å². The van der Waals surface area contributed by atoms with Gasteiger partial charge in [-0.1, -0.05) is 19.1 Å². The molecule has 196 valence electrons. The maximum atomic E-state index is 14.5. The van der Waals surface area contributed by atoms with E-state index in [0.717, 1.165) is 43.2 Å².